The molecule has 3 aromatic rings. The van der Waals surface area contributed by atoms with E-state index in [4.69, 9.17) is 25.8 Å². The van der Waals surface area contributed by atoms with Gasteiger partial charge in [0.25, 0.3) is 5.91 Å². The van der Waals surface area contributed by atoms with Crippen LogP contribution in [0.5, 0.6) is 17.2 Å². The zero-order valence-corrected chi connectivity index (χ0v) is 24.3. The van der Waals surface area contributed by atoms with Crippen molar-refractivity contribution in [3.05, 3.63) is 81.3 Å². The monoisotopic (exact) mass is 623 g/mol. The van der Waals surface area contributed by atoms with E-state index < -0.39 is 22.0 Å². The lowest BCUT2D eigenvalue weighted by Gasteiger charge is -2.27. The number of anilines is 1. The second kappa shape index (κ2) is 13.0. The molecule has 0 saturated heterocycles. The third-order valence-electron chi connectivity index (χ3n) is 5.35. The number of sulfonamides is 1. The molecule has 0 fully saturated rings. The van der Waals surface area contributed by atoms with E-state index >= 15 is 0 Å². The lowest BCUT2D eigenvalue weighted by molar-refractivity contribution is -0.121. The van der Waals surface area contributed by atoms with Crippen LogP contribution in [0.1, 0.15) is 18.1 Å². The van der Waals surface area contributed by atoms with Crippen molar-refractivity contribution in [1.82, 2.24) is 5.43 Å². The first kappa shape index (κ1) is 29.3. The molecular formula is C26H27BrClN3O6S. The Bertz CT molecular complexity index is 1400. The molecule has 38 heavy (non-hydrogen) atoms. The molecular weight excluding hydrogens is 598 g/mol. The highest BCUT2D eigenvalue weighted by Gasteiger charge is 2.29. The molecule has 9 nitrogen and oxygen atoms in total. The predicted octanol–water partition coefficient (Wildman–Crippen LogP) is 5.00. The topological polar surface area (TPSA) is 107 Å². The van der Waals surface area contributed by atoms with E-state index in [0.717, 1.165) is 16.1 Å². The first-order valence-corrected chi connectivity index (χ1v) is 14.3. The van der Waals surface area contributed by atoms with Crippen LogP contribution in [0, 0.1) is 0 Å². The maximum atomic E-state index is 12.8. The van der Waals surface area contributed by atoms with Crippen LogP contribution in [0.2, 0.25) is 5.02 Å². The van der Waals surface area contributed by atoms with Gasteiger partial charge in [0.15, 0.2) is 11.5 Å². The van der Waals surface area contributed by atoms with Crippen molar-refractivity contribution in [3.63, 3.8) is 0 Å². The van der Waals surface area contributed by atoms with Gasteiger partial charge in [-0.25, -0.2) is 13.8 Å². The number of amides is 1. The molecule has 0 aliphatic carbocycles. The van der Waals surface area contributed by atoms with Gasteiger partial charge in [0.05, 0.1) is 36.9 Å². The van der Waals surface area contributed by atoms with E-state index in [2.05, 4.69) is 26.5 Å². The van der Waals surface area contributed by atoms with E-state index in [1.54, 1.807) is 48.5 Å². The average Bonchev–Trinajstić information content (AvgIpc) is 2.88. The number of hydrazone groups is 1. The molecule has 0 radical (unpaired) electrons. The van der Waals surface area contributed by atoms with Gasteiger partial charge in [-0.2, -0.15) is 5.10 Å². The van der Waals surface area contributed by atoms with E-state index in [1.807, 2.05) is 12.1 Å². The molecule has 12 heteroatoms. The molecule has 0 unspecified atom stereocenters. The Hall–Kier alpha value is -3.28. The molecule has 1 N–H and O–H groups in total. The van der Waals surface area contributed by atoms with Gasteiger partial charge >= 0.3 is 0 Å². The van der Waals surface area contributed by atoms with Crippen LogP contribution in [0.4, 0.5) is 5.69 Å². The summed E-state index contributed by atoms with van der Waals surface area (Å²) >= 11 is 9.42. The molecule has 1 amide bonds. The minimum atomic E-state index is -3.77. The molecule has 0 bridgehead atoms. The maximum Gasteiger partial charge on any atom is 0.263 e. The van der Waals surface area contributed by atoms with E-state index in [-0.39, 0.29) is 0 Å². The predicted molar refractivity (Wildman–Crippen MR) is 152 cm³/mol. The summed E-state index contributed by atoms with van der Waals surface area (Å²) in [7, 11) is -0.748. The molecule has 3 rings (SSSR count). The highest BCUT2D eigenvalue weighted by Crippen LogP contribution is 2.37. The number of ether oxygens (including phenoxy) is 3. The summed E-state index contributed by atoms with van der Waals surface area (Å²) in [6, 6.07) is 16.0. The van der Waals surface area contributed by atoms with Crippen molar-refractivity contribution in [2.24, 2.45) is 5.10 Å². The minimum Gasteiger partial charge on any atom is -0.497 e. The number of carbonyl (C=O) groups is 1. The zero-order valence-electron chi connectivity index (χ0n) is 21.1. The average molecular weight is 625 g/mol. The Morgan fingerprint density at radius 3 is 2.34 bits per heavy atom. The molecule has 202 valence electrons. The van der Waals surface area contributed by atoms with Gasteiger partial charge in [-0.3, -0.25) is 9.10 Å². The number of nitrogens with one attached hydrogen (secondary N) is 1. The summed E-state index contributed by atoms with van der Waals surface area (Å²) in [5, 5.41) is 4.64. The third kappa shape index (κ3) is 7.62. The normalized spacial score (nSPS) is 12.2. The van der Waals surface area contributed by atoms with Crippen LogP contribution in [0.25, 0.3) is 0 Å². The summed E-state index contributed by atoms with van der Waals surface area (Å²) in [6.07, 6.45) is 2.45. The van der Waals surface area contributed by atoms with Gasteiger partial charge in [-0.05, 0) is 82.5 Å². The fourth-order valence-corrected chi connectivity index (χ4v) is 5.37. The van der Waals surface area contributed by atoms with Gasteiger partial charge in [0.1, 0.15) is 18.4 Å². The molecule has 1 atom stereocenters. The van der Waals surface area contributed by atoms with Crippen molar-refractivity contribution < 1.29 is 27.4 Å². The summed E-state index contributed by atoms with van der Waals surface area (Å²) < 4.78 is 43.1. The van der Waals surface area contributed by atoms with E-state index in [1.165, 1.54) is 27.4 Å². The Morgan fingerprint density at radius 1 is 1.11 bits per heavy atom. The van der Waals surface area contributed by atoms with Crippen molar-refractivity contribution in [3.8, 4) is 17.2 Å². The smallest absolute Gasteiger partial charge is 0.263 e. The van der Waals surface area contributed by atoms with Crippen LogP contribution in [0.3, 0.4) is 0 Å². The van der Waals surface area contributed by atoms with Crippen molar-refractivity contribution in [2.45, 2.75) is 19.6 Å². The highest BCUT2D eigenvalue weighted by molar-refractivity contribution is 9.10. The number of carbonyl (C=O) groups excluding carboxylic acids is 1. The van der Waals surface area contributed by atoms with Gasteiger partial charge in [0.2, 0.25) is 10.0 Å². The van der Waals surface area contributed by atoms with Gasteiger partial charge in [-0.15, -0.1) is 0 Å². The Kier molecular flexibility index (Phi) is 10.0. The fourth-order valence-electron chi connectivity index (χ4n) is 3.49. The summed E-state index contributed by atoms with van der Waals surface area (Å²) in [5.74, 6) is 0.904. The van der Waals surface area contributed by atoms with E-state index in [0.29, 0.717) is 44.6 Å². The first-order chi connectivity index (χ1) is 18.0. The second-order valence-corrected chi connectivity index (χ2v) is 11.3. The SMILES string of the molecule is COc1ccc(N([C@H](C)C(=O)N/N=C\c2cc(Br)c(OCc3ccc(Cl)cc3)c(OC)c2)S(C)(=O)=O)cc1. The summed E-state index contributed by atoms with van der Waals surface area (Å²) in [4.78, 5) is 12.8. The van der Waals surface area contributed by atoms with Gasteiger partial charge in [0, 0.05) is 5.02 Å². The van der Waals surface area contributed by atoms with Crippen molar-refractivity contribution in [2.75, 3.05) is 24.8 Å². The van der Waals surface area contributed by atoms with Crippen molar-refractivity contribution in [1.29, 1.82) is 0 Å². The number of hydrogen-bond donors (Lipinski definition) is 1. The number of benzene rings is 3. The minimum absolute atomic E-state index is 0.304. The van der Waals surface area contributed by atoms with Gasteiger partial charge in [-0.1, -0.05) is 23.7 Å². The molecule has 0 aliphatic rings. The molecule has 3 aromatic carbocycles. The first-order valence-electron chi connectivity index (χ1n) is 11.2. The quantitative estimate of drug-likeness (QED) is 0.238. The molecule has 0 spiro atoms. The lowest BCUT2D eigenvalue weighted by Crippen LogP contribution is -2.46. The Labute approximate surface area is 235 Å². The third-order valence-corrected chi connectivity index (χ3v) is 7.43. The second-order valence-electron chi connectivity index (χ2n) is 8.12. The van der Waals surface area contributed by atoms with Crippen LogP contribution >= 0.6 is 27.5 Å². The van der Waals surface area contributed by atoms with Crippen molar-refractivity contribution >= 4 is 55.4 Å². The fraction of sp³-hybridized carbons (Fsp3) is 0.231. The molecule has 0 aromatic heterocycles. The van der Waals surface area contributed by atoms with E-state index in [9.17, 15) is 13.2 Å². The molecule has 0 saturated carbocycles. The Morgan fingerprint density at radius 2 is 1.76 bits per heavy atom. The number of rotatable bonds is 11. The number of halogens is 2. The van der Waals surface area contributed by atoms with Crippen LogP contribution < -0.4 is 23.9 Å². The summed E-state index contributed by atoms with van der Waals surface area (Å²) in [5.41, 5.74) is 4.26. The standard InChI is InChI=1S/C26H27BrClN3O6S/c1-17(31(38(4,33)34)21-9-11-22(35-2)12-10-21)26(32)30-29-15-19-13-23(27)25(24(14-19)36-3)37-16-18-5-7-20(28)8-6-18/h5-15,17H,16H2,1-4H3,(H,30,32)/b29-15-/t17-/m1/s1. The number of nitrogens with zero attached hydrogens (tertiary/aromatic N) is 2. The van der Waals surface area contributed by atoms with Gasteiger partial charge < -0.3 is 14.2 Å². The molecule has 0 heterocycles. The number of hydrogen-bond acceptors (Lipinski definition) is 7. The largest absolute Gasteiger partial charge is 0.497 e. The maximum absolute atomic E-state index is 12.8. The highest BCUT2D eigenvalue weighted by atomic mass is 79.9. The number of methoxy groups -OCH3 is 2. The zero-order chi connectivity index (χ0) is 27.9. The van der Waals surface area contributed by atoms with Crippen LogP contribution in [-0.2, 0) is 21.4 Å². The summed E-state index contributed by atoms with van der Waals surface area (Å²) in [6.45, 7) is 1.78. The lowest BCUT2D eigenvalue weighted by atomic mass is 10.2. The Balaban J connectivity index is 1.71. The van der Waals surface area contributed by atoms with Crippen LogP contribution in [0.15, 0.2) is 70.2 Å². The molecule has 0 aliphatic heterocycles. The van der Waals surface area contributed by atoms with Crippen LogP contribution in [-0.4, -0.2) is 47.1 Å².